The van der Waals surface area contributed by atoms with Crippen LogP contribution in [0, 0.1) is 0 Å². The van der Waals surface area contributed by atoms with Crippen molar-refractivity contribution in [2.75, 3.05) is 0 Å². The lowest BCUT2D eigenvalue weighted by Crippen LogP contribution is -1.33. The lowest BCUT2D eigenvalue weighted by atomic mass is 10.5. The average Bonchev–Trinajstić information content (AvgIpc) is 1.98. The Kier molecular flexibility index (Phi) is 89.6. The summed E-state index contributed by atoms with van der Waals surface area (Å²) in [5.74, 6) is 0. The second-order valence-electron chi connectivity index (χ2n) is 0.761. The molecule has 0 nitrogen and oxygen atoms in total. The van der Waals surface area contributed by atoms with Crippen LogP contribution < -0.4 is 0 Å². The molecule has 0 heterocycles. The van der Waals surface area contributed by atoms with Crippen LogP contribution in [0.4, 0.5) is 0 Å². The molecule has 0 aromatic carbocycles. The largest absolute Gasteiger partial charge is 0.0991 e. The molecule has 0 saturated carbocycles. The summed E-state index contributed by atoms with van der Waals surface area (Å²) in [4.78, 5) is 0. The standard InChI is InChI=1S/C5H8.2C2H6/c1-3-5-4-2;2*1-2/h3-5H,1H2,2H3;2*1-2H3/b5-4-;;. The molecule has 9 heavy (non-hydrogen) atoms. The van der Waals surface area contributed by atoms with Crippen LogP contribution in [0.25, 0.3) is 0 Å². The summed E-state index contributed by atoms with van der Waals surface area (Å²) in [5, 5.41) is 0. The van der Waals surface area contributed by atoms with Crippen molar-refractivity contribution >= 4 is 0 Å². The van der Waals surface area contributed by atoms with E-state index in [0.29, 0.717) is 0 Å². The summed E-state index contributed by atoms with van der Waals surface area (Å²) in [7, 11) is 0. The normalized spacial score (nSPS) is 6.33. The van der Waals surface area contributed by atoms with E-state index < -0.39 is 0 Å². The first-order chi connectivity index (χ1) is 4.41. The second-order valence-corrected chi connectivity index (χ2v) is 0.761. The SMILES string of the molecule is C=C/C=C\C.CC.CC. The lowest BCUT2D eigenvalue weighted by Gasteiger charge is -1.56. The summed E-state index contributed by atoms with van der Waals surface area (Å²) < 4.78 is 0. The van der Waals surface area contributed by atoms with Crippen LogP contribution in [0.3, 0.4) is 0 Å². The van der Waals surface area contributed by atoms with Gasteiger partial charge in [0.1, 0.15) is 0 Å². The minimum Gasteiger partial charge on any atom is -0.0991 e. The Morgan fingerprint density at radius 2 is 1.33 bits per heavy atom. The van der Waals surface area contributed by atoms with E-state index in [-0.39, 0.29) is 0 Å². The van der Waals surface area contributed by atoms with Crippen LogP contribution in [0.2, 0.25) is 0 Å². The topological polar surface area (TPSA) is 0 Å². The van der Waals surface area contributed by atoms with Gasteiger partial charge in [0.25, 0.3) is 0 Å². The molecule has 0 aliphatic heterocycles. The molecule has 0 fully saturated rings. The van der Waals surface area contributed by atoms with Gasteiger partial charge in [0, 0.05) is 0 Å². The van der Waals surface area contributed by atoms with Crippen molar-refractivity contribution in [3.05, 3.63) is 24.8 Å². The number of rotatable bonds is 1. The first-order valence-corrected chi connectivity index (χ1v) is 3.65. The zero-order valence-corrected chi connectivity index (χ0v) is 7.44. The molecule has 0 aromatic rings. The molecule has 0 amide bonds. The summed E-state index contributed by atoms with van der Waals surface area (Å²) in [6, 6.07) is 0. The van der Waals surface area contributed by atoms with Crippen LogP contribution in [0.1, 0.15) is 34.6 Å². The summed E-state index contributed by atoms with van der Waals surface area (Å²) in [6.45, 7) is 13.4. The molecule has 0 spiro atoms. The van der Waals surface area contributed by atoms with Crippen LogP contribution in [-0.4, -0.2) is 0 Å². The molecule has 0 atom stereocenters. The highest BCUT2D eigenvalue weighted by atomic mass is 13.5. The zero-order valence-electron chi connectivity index (χ0n) is 7.44. The number of hydrogen-bond acceptors (Lipinski definition) is 0. The Morgan fingerprint density at radius 1 is 1.00 bits per heavy atom. The molecular formula is C9H20. The summed E-state index contributed by atoms with van der Waals surface area (Å²) in [6.07, 6.45) is 5.58. The van der Waals surface area contributed by atoms with Gasteiger partial charge in [-0.2, -0.15) is 0 Å². The smallest absolute Gasteiger partial charge is 0.0467 e. The molecule has 0 radical (unpaired) electrons. The van der Waals surface area contributed by atoms with Crippen LogP contribution >= 0.6 is 0 Å². The highest BCUT2D eigenvalue weighted by molar-refractivity contribution is 4.94. The van der Waals surface area contributed by atoms with Crippen molar-refractivity contribution in [1.29, 1.82) is 0 Å². The molecule has 0 aliphatic rings. The molecule has 0 aromatic heterocycles. The van der Waals surface area contributed by atoms with Crippen molar-refractivity contribution in [3.8, 4) is 0 Å². The van der Waals surface area contributed by atoms with Gasteiger partial charge >= 0.3 is 0 Å². The molecule has 0 unspecified atom stereocenters. The van der Waals surface area contributed by atoms with Gasteiger partial charge in [-0.3, -0.25) is 0 Å². The van der Waals surface area contributed by atoms with Crippen LogP contribution in [0.5, 0.6) is 0 Å². The highest BCUT2D eigenvalue weighted by Crippen LogP contribution is 1.64. The predicted octanol–water partition coefficient (Wildman–Crippen LogP) is 3.80. The van der Waals surface area contributed by atoms with E-state index in [1.807, 2.05) is 46.8 Å². The highest BCUT2D eigenvalue weighted by Gasteiger charge is 1.42. The fourth-order valence-electron chi connectivity index (χ4n) is 0.136. The quantitative estimate of drug-likeness (QED) is 0.471. The van der Waals surface area contributed by atoms with Gasteiger partial charge in [0.2, 0.25) is 0 Å². The molecule has 0 rings (SSSR count). The third-order valence-electron chi connectivity index (χ3n) is 0.329. The Balaban J connectivity index is -0.0000000771. The molecule has 56 valence electrons. The van der Waals surface area contributed by atoms with Crippen molar-refractivity contribution < 1.29 is 0 Å². The van der Waals surface area contributed by atoms with Gasteiger partial charge in [-0.15, -0.1) is 0 Å². The van der Waals surface area contributed by atoms with Crippen molar-refractivity contribution in [1.82, 2.24) is 0 Å². The first kappa shape index (κ1) is 15.8. The van der Waals surface area contributed by atoms with Crippen LogP contribution in [0.15, 0.2) is 24.8 Å². The summed E-state index contributed by atoms with van der Waals surface area (Å²) in [5.41, 5.74) is 0. The maximum absolute atomic E-state index is 3.46. The van der Waals surface area contributed by atoms with E-state index in [1.54, 1.807) is 6.08 Å². The third kappa shape index (κ3) is 103. The molecule has 0 bridgehead atoms. The van der Waals surface area contributed by atoms with Gasteiger partial charge in [-0.25, -0.2) is 0 Å². The minimum atomic E-state index is 1.75. The van der Waals surface area contributed by atoms with E-state index in [9.17, 15) is 0 Å². The van der Waals surface area contributed by atoms with E-state index in [2.05, 4.69) is 6.58 Å². The van der Waals surface area contributed by atoms with Gasteiger partial charge < -0.3 is 0 Å². The average molecular weight is 128 g/mol. The second kappa shape index (κ2) is 51.1. The molecule has 0 heteroatoms. The van der Waals surface area contributed by atoms with Gasteiger partial charge in [-0.05, 0) is 6.92 Å². The first-order valence-electron chi connectivity index (χ1n) is 3.65. The Morgan fingerprint density at radius 3 is 1.33 bits per heavy atom. The fraction of sp³-hybridized carbons (Fsp3) is 0.556. The summed E-state index contributed by atoms with van der Waals surface area (Å²) >= 11 is 0. The monoisotopic (exact) mass is 128 g/mol. The van der Waals surface area contributed by atoms with Gasteiger partial charge in [0.15, 0.2) is 0 Å². The Bertz CT molecular complexity index is 42.0. The maximum atomic E-state index is 3.46. The molecule has 0 saturated heterocycles. The van der Waals surface area contributed by atoms with Gasteiger partial charge in [-0.1, -0.05) is 52.5 Å². The van der Waals surface area contributed by atoms with E-state index in [1.165, 1.54) is 0 Å². The van der Waals surface area contributed by atoms with Crippen molar-refractivity contribution in [3.63, 3.8) is 0 Å². The number of allylic oxidation sites excluding steroid dienone is 3. The Labute approximate surface area is 60.3 Å². The predicted molar refractivity (Wildman–Crippen MR) is 47.7 cm³/mol. The van der Waals surface area contributed by atoms with Gasteiger partial charge in [0.05, 0.1) is 0 Å². The minimum absolute atomic E-state index is 1.75. The molecule has 0 N–H and O–H groups in total. The van der Waals surface area contributed by atoms with Crippen molar-refractivity contribution in [2.45, 2.75) is 34.6 Å². The molecular weight excluding hydrogens is 108 g/mol. The van der Waals surface area contributed by atoms with E-state index in [0.717, 1.165) is 0 Å². The lowest BCUT2D eigenvalue weighted by molar-refractivity contribution is 1.50. The molecule has 0 aliphatic carbocycles. The van der Waals surface area contributed by atoms with E-state index in [4.69, 9.17) is 0 Å². The zero-order chi connectivity index (χ0) is 8.12. The van der Waals surface area contributed by atoms with Crippen LogP contribution in [-0.2, 0) is 0 Å². The maximum Gasteiger partial charge on any atom is -0.0467 e. The fourth-order valence-corrected chi connectivity index (χ4v) is 0.136. The Hall–Kier alpha value is -0.520. The third-order valence-corrected chi connectivity index (χ3v) is 0.329. The van der Waals surface area contributed by atoms with Crippen molar-refractivity contribution in [2.24, 2.45) is 0 Å². The van der Waals surface area contributed by atoms with E-state index >= 15 is 0 Å². The number of hydrogen-bond donors (Lipinski definition) is 0.